The van der Waals surface area contributed by atoms with E-state index >= 15 is 0 Å². The zero-order valence-corrected chi connectivity index (χ0v) is 17.0. The first-order valence-corrected chi connectivity index (χ1v) is 9.82. The van der Waals surface area contributed by atoms with Crippen molar-refractivity contribution in [3.05, 3.63) is 70.3 Å². The molecule has 0 spiro atoms. The number of aromatic nitrogens is 1. The van der Waals surface area contributed by atoms with Gasteiger partial charge in [0.25, 0.3) is 5.91 Å². The Hall–Kier alpha value is -3.32. The molecule has 7 heteroatoms. The second kappa shape index (κ2) is 7.25. The Bertz CT molecular complexity index is 1210. The molecule has 6 nitrogen and oxygen atoms in total. The van der Waals surface area contributed by atoms with Gasteiger partial charge in [0.2, 0.25) is 0 Å². The SMILES string of the molecule is Cc1c(/C=C2/SC(=Nc3ccc(C(=O)O)cc3)N(C)C2=O)c2ccccc2n1C. The maximum absolute atomic E-state index is 12.8. The van der Waals surface area contributed by atoms with Crippen molar-refractivity contribution in [3.8, 4) is 0 Å². The molecular formula is C22H19N3O3S. The molecule has 0 aliphatic carbocycles. The average Bonchev–Trinajstić information content (AvgIpc) is 3.12. The van der Waals surface area contributed by atoms with Gasteiger partial charge in [-0.25, -0.2) is 9.79 Å². The van der Waals surface area contributed by atoms with Crippen LogP contribution in [0.15, 0.2) is 58.4 Å². The second-order valence-electron chi connectivity index (χ2n) is 6.80. The number of nitrogens with zero attached hydrogens (tertiary/aromatic N) is 3. The molecular weight excluding hydrogens is 386 g/mol. The molecule has 2 aromatic carbocycles. The van der Waals surface area contributed by atoms with Crippen LogP contribution in [0.5, 0.6) is 0 Å². The van der Waals surface area contributed by atoms with Crippen LogP contribution < -0.4 is 0 Å². The minimum absolute atomic E-state index is 0.108. The van der Waals surface area contributed by atoms with Gasteiger partial charge in [-0.1, -0.05) is 18.2 Å². The number of carbonyl (C=O) groups excluding carboxylic acids is 1. The Morgan fingerprint density at radius 2 is 1.79 bits per heavy atom. The minimum atomic E-state index is -0.984. The fraction of sp³-hybridized carbons (Fsp3) is 0.136. The standard InChI is InChI=1S/C22H19N3O3S/c1-13-17(16-6-4-5-7-18(16)24(13)2)12-19-20(26)25(3)22(29-19)23-15-10-8-14(9-11-15)21(27)28/h4-12H,1-3H3,(H,27,28)/b19-12+,23-22?. The van der Waals surface area contributed by atoms with Crippen LogP contribution in [-0.4, -0.2) is 38.7 Å². The number of rotatable bonds is 3. The van der Waals surface area contributed by atoms with Crippen molar-refractivity contribution >= 4 is 51.5 Å². The van der Waals surface area contributed by atoms with E-state index in [-0.39, 0.29) is 11.5 Å². The van der Waals surface area contributed by atoms with Gasteiger partial charge in [-0.2, -0.15) is 0 Å². The smallest absolute Gasteiger partial charge is 0.335 e. The Balaban J connectivity index is 1.70. The van der Waals surface area contributed by atoms with Crippen molar-refractivity contribution in [1.29, 1.82) is 0 Å². The highest BCUT2D eigenvalue weighted by Gasteiger charge is 2.31. The number of amides is 1. The summed E-state index contributed by atoms with van der Waals surface area (Å²) in [5.74, 6) is -1.09. The molecule has 1 saturated heterocycles. The lowest BCUT2D eigenvalue weighted by molar-refractivity contribution is -0.121. The van der Waals surface area contributed by atoms with Crippen molar-refractivity contribution in [2.45, 2.75) is 6.92 Å². The lowest BCUT2D eigenvalue weighted by atomic mass is 10.1. The van der Waals surface area contributed by atoms with E-state index in [1.807, 2.05) is 32.2 Å². The zero-order chi connectivity index (χ0) is 20.7. The highest BCUT2D eigenvalue weighted by atomic mass is 32.2. The molecule has 3 aromatic rings. The van der Waals surface area contributed by atoms with E-state index in [9.17, 15) is 9.59 Å². The van der Waals surface area contributed by atoms with Crippen molar-refractivity contribution in [3.63, 3.8) is 0 Å². The van der Waals surface area contributed by atoms with Crippen LogP contribution in [0.2, 0.25) is 0 Å². The predicted molar refractivity (Wildman–Crippen MR) is 116 cm³/mol. The number of para-hydroxylation sites is 1. The first-order chi connectivity index (χ1) is 13.9. The molecule has 0 radical (unpaired) electrons. The van der Waals surface area contributed by atoms with Gasteiger partial charge in [0, 0.05) is 36.3 Å². The maximum atomic E-state index is 12.8. The summed E-state index contributed by atoms with van der Waals surface area (Å²) in [6.07, 6.45) is 1.93. The maximum Gasteiger partial charge on any atom is 0.335 e. The molecule has 4 rings (SSSR count). The Labute approximate surface area is 172 Å². The predicted octanol–water partition coefficient (Wildman–Crippen LogP) is 4.42. The lowest BCUT2D eigenvalue weighted by Gasteiger charge is -2.07. The van der Waals surface area contributed by atoms with E-state index in [0.717, 1.165) is 22.2 Å². The van der Waals surface area contributed by atoms with Crippen molar-refractivity contribution < 1.29 is 14.7 Å². The van der Waals surface area contributed by atoms with Crippen LogP contribution in [0.25, 0.3) is 17.0 Å². The van der Waals surface area contributed by atoms with Gasteiger partial charge in [-0.3, -0.25) is 9.69 Å². The number of thioether (sulfide) groups is 1. The molecule has 0 unspecified atom stereocenters. The highest BCUT2D eigenvalue weighted by Crippen LogP contribution is 2.35. The summed E-state index contributed by atoms with van der Waals surface area (Å²) in [7, 11) is 3.71. The van der Waals surface area contributed by atoms with Crippen LogP contribution in [0.1, 0.15) is 21.6 Å². The van der Waals surface area contributed by atoms with Crippen LogP contribution in [0, 0.1) is 6.92 Å². The van der Waals surface area contributed by atoms with Crippen LogP contribution in [-0.2, 0) is 11.8 Å². The number of amidine groups is 1. The Morgan fingerprint density at radius 3 is 2.48 bits per heavy atom. The van der Waals surface area contributed by atoms with E-state index in [1.54, 1.807) is 19.2 Å². The highest BCUT2D eigenvalue weighted by molar-refractivity contribution is 8.18. The van der Waals surface area contributed by atoms with Gasteiger partial charge < -0.3 is 9.67 Å². The minimum Gasteiger partial charge on any atom is -0.478 e. The fourth-order valence-electron chi connectivity index (χ4n) is 3.30. The summed E-state index contributed by atoms with van der Waals surface area (Å²) in [6.45, 7) is 2.04. The third-order valence-corrected chi connectivity index (χ3v) is 6.13. The van der Waals surface area contributed by atoms with E-state index in [0.29, 0.717) is 15.8 Å². The number of fused-ring (bicyclic) bond motifs is 1. The topological polar surface area (TPSA) is 74.9 Å². The van der Waals surface area contributed by atoms with E-state index in [2.05, 4.69) is 21.7 Å². The monoisotopic (exact) mass is 405 g/mol. The van der Waals surface area contributed by atoms with Gasteiger partial charge in [-0.15, -0.1) is 0 Å². The molecule has 0 bridgehead atoms. The van der Waals surface area contributed by atoms with Crippen molar-refractivity contribution in [2.24, 2.45) is 12.0 Å². The van der Waals surface area contributed by atoms with E-state index in [1.165, 1.54) is 28.8 Å². The number of aryl methyl sites for hydroxylation is 1. The summed E-state index contributed by atoms with van der Waals surface area (Å²) in [5, 5.41) is 10.7. The Morgan fingerprint density at radius 1 is 1.10 bits per heavy atom. The molecule has 0 saturated carbocycles. The third kappa shape index (κ3) is 3.34. The van der Waals surface area contributed by atoms with Gasteiger partial charge in [-0.05, 0) is 55.1 Å². The quantitative estimate of drug-likeness (QED) is 0.655. The summed E-state index contributed by atoms with van der Waals surface area (Å²) < 4.78 is 2.12. The molecule has 29 heavy (non-hydrogen) atoms. The van der Waals surface area contributed by atoms with Crippen LogP contribution in [0.4, 0.5) is 5.69 Å². The summed E-state index contributed by atoms with van der Waals surface area (Å²) in [4.78, 5) is 30.4. The summed E-state index contributed by atoms with van der Waals surface area (Å²) in [5.41, 5.74) is 4.03. The summed E-state index contributed by atoms with van der Waals surface area (Å²) >= 11 is 1.32. The van der Waals surface area contributed by atoms with Gasteiger partial charge in [0.15, 0.2) is 5.17 Å². The number of aliphatic imine (C=N–C) groups is 1. The summed E-state index contributed by atoms with van der Waals surface area (Å²) in [6, 6.07) is 14.4. The number of benzene rings is 2. The van der Waals surface area contributed by atoms with Gasteiger partial charge in [0.05, 0.1) is 16.2 Å². The van der Waals surface area contributed by atoms with Crippen molar-refractivity contribution in [2.75, 3.05) is 7.05 Å². The molecule has 2 heterocycles. The lowest BCUT2D eigenvalue weighted by Crippen LogP contribution is -2.23. The van der Waals surface area contributed by atoms with E-state index < -0.39 is 5.97 Å². The molecule has 1 aliphatic rings. The number of aromatic carboxylic acids is 1. The normalized spacial score (nSPS) is 17.1. The molecule has 1 N–H and O–H groups in total. The first kappa shape index (κ1) is 19.0. The molecule has 1 fully saturated rings. The van der Waals surface area contributed by atoms with Crippen LogP contribution in [0.3, 0.4) is 0 Å². The number of carbonyl (C=O) groups is 2. The second-order valence-corrected chi connectivity index (χ2v) is 7.81. The average molecular weight is 405 g/mol. The number of hydrogen-bond acceptors (Lipinski definition) is 4. The van der Waals surface area contributed by atoms with Gasteiger partial charge in [0.1, 0.15) is 0 Å². The van der Waals surface area contributed by atoms with E-state index in [4.69, 9.17) is 5.11 Å². The number of carboxylic acid groups (broad SMARTS) is 1. The number of carboxylic acids is 1. The largest absolute Gasteiger partial charge is 0.478 e. The van der Waals surface area contributed by atoms with Crippen molar-refractivity contribution in [1.82, 2.24) is 9.47 Å². The molecule has 0 atom stereocenters. The fourth-order valence-corrected chi connectivity index (χ4v) is 4.27. The number of likely N-dealkylation sites (N-methyl/N-ethyl adjacent to an activating group) is 1. The molecule has 1 aliphatic heterocycles. The third-order valence-electron chi connectivity index (χ3n) is 5.07. The molecule has 1 amide bonds. The zero-order valence-electron chi connectivity index (χ0n) is 16.2. The van der Waals surface area contributed by atoms with Crippen LogP contribution >= 0.6 is 11.8 Å². The Kier molecular flexibility index (Phi) is 4.76. The molecule has 146 valence electrons. The molecule has 1 aromatic heterocycles. The van der Waals surface area contributed by atoms with Gasteiger partial charge >= 0.3 is 5.97 Å². The first-order valence-electron chi connectivity index (χ1n) is 9.00. The number of hydrogen-bond donors (Lipinski definition) is 1.